The topological polar surface area (TPSA) is 68.5 Å². The first-order chi connectivity index (χ1) is 11.9. The molecule has 0 saturated heterocycles. The van der Waals surface area contributed by atoms with Gasteiger partial charge in [0.15, 0.2) is 6.61 Å². The number of amides is 1. The van der Waals surface area contributed by atoms with E-state index in [1.165, 1.54) is 18.2 Å². The maximum Gasteiger partial charge on any atom is 0.336 e. The van der Waals surface area contributed by atoms with Crippen molar-refractivity contribution < 1.29 is 18.3 Å². The molecule has 5 nitrogen and oxygen atoms in total. The summed E-state index contributed by atoms with van der Waals surface area (Å²) in [4.78, 5) is 23.4. The summed E-state index contributed by atoms with van der Waals surface area (Å²) >= 11 is 5.83. The van der Waals surface area contributed by atoms with Crippen molar-refractivity contribution in [1.29, 1.82) is 0 Å². The van der Waals surface area contributed by atoms with Crippen molar-refractivity contribution >= 4 is 34.2 Å². The molecule has 0 bridgehead atoms. The average molecular weight is 362 g/mol. The zero-order chi connectivity index (χ0) is 18.0. The molecule has 25 heavy (non-hydrogen) atoms. The van der Waals surface area contributed by atoms with Crippen LogP contribution in [0.5, 0.6) is 5.75 Å². The number of fused-ring (bicyclic) bond motifs is 1. The van der Waals surface area contributed by atoms with Crippen LogP contribution in [-0.2, 0) is 4.79 Å². The molecule has 0 spiro atoms. The molecule has 1 N–H and O–H groups in total. The average Bonchev–Trinajstić information content (AvgIpc) is 2.53. The third-order valence-corrected chi connectivity index (χ3v) is 3.78. The molecule has 3 rings (SSSR count). The van der Waals surface area contributed by atoms with Gasteiger partial charge in [-0.05, 0) is 42.8 Å². The van der Waals surface area contributed by atoms with Crippen LogP contribution in [0.1, 0.15) is 5.56 Å². The second-order valence-corrected chi connectivity index (χ2v) is 5.78. The molecule has 1 heterocycles. The standard InChI is InChI=1S/C18H13ClFNO4/c1-10-6-18(23)25-16-8-12(3-4-13(10)16)21-17(22)9-24-15-5-2-11(20)7-14(15)19/h2-8H,9H2,1H3,(H,21,22). The molecule has 0 fully saturated rings. The predicted molar refractivity (Wildman–Crippen MR) is 92.8 cm³/mol. The Morgan fingerprint density at radius 3 is 2.80 bits per heavy atom. The third kappa shape index (κ3) is 3.97. The molecule has 2 aromatic carbocycles. The van der Waals surface area contributed by atoms with E-state index in [1.54, 1.807) is 25.1 Å². The van der Waals surface area contributed by atoms with Crippen LogP contribution in [-0.4, -0.2) is 12.5 Å². The fraction of sp³-hybridized carbons (Fsp3) is 0.111. The van der Waals surface area contributed by atoms with Gasteiger partial charge in [0.2, 0.25) is 0 Å². The minimum atomic E-state index is -0.491. The van der Waals surface area contributed by atoms with Crippen LogP contribution >= 0.6 is 11.6 Å². The van der Waals surface area contributed by atoms with Crippen LogP contribution in [0.25, 0.3) is 11.0 Å². The second kappa shape index (κ2) is 6.94. The Labute approximate surface area is 147 Å². The Kier molecular flexibility index (Phi) is 4.72. The molecule has 0 aliphatic rings. The van der Waals surface area contributed by atoms with E-state index in [2.05, 4.69) is 5.32 Å². The summed E-state index contributed by atoms with van der Waals surface area (Å²) in [5.41, 5.74) is 1.17. The van der Waals surface area contributed by atoms with Crippen molar-refractivity contribution in [3.8, 4) is 5.75 Å². The quantitative estimate of drug-likeness (QED) is 0.715. The Bertz CT molecular complexity index is 1020. The smallest absolute Gasteiger partial charge is 0.336 e. The van der Waals surface area contributed by atoms with Crippen molar-refractivity contribution in [2.75, 3.05) is 11.9 Å². The van der Waals surface area contributed by atoms with Gasteiger partial charge in [-0.15, -0.1) is 0 Å². The monoisotopic (exact) mass is 361 g/mol. The summed E-state index contributed by atoms with van der Waals surface area (Å²) in [6.45, 7) is 1.50. The number of hydrogen-bond donors (Lipinski definition) is 1. The lowest BCUT2D eigenvalue weighted by Crippen LogP contribution is -2.20. The van der Waals surface area contributed by atoms with Crippen LogP contribution in [0.3, 0.4) is 0 Å². The molecular formula is C18H13ClFNO4. The molecule has 0 atom stereocenters. The zero-order valence-electron chi connectivity index (χ0n) is 13.1. The van der Waals surface area contributed by atoms with Crippen LogP contribution in [0.4, 0.5) is 10.1 Å². The van der Waals surface area contributed by atoms with E-state index in [1.807, 2.05) is 0 Å². The van der Waals surface area contributed by atoms with Crippen molar-refractivity contribution in [1.82, 2.24) is 0 Å². The molecule has 1 amide bonds. The Morgan fingerprint density at radius 1 is 1.24 bits per heavy atom. The molecule has 0 unspecified atom stereocenters. The Balaban J connectivity index is 1.70. The predicted octanol–water partition coefficient (Wildman–Crippen LogP) is 3.91. The van der Waals surface area contributed by atoms with Gasteiger partial charge in [0, 0.05) is 23.2 Å². The lowest BCUT2D eigenvalue weighted by molar-refractivity contribution is -0.118. The SMILES string of the molecule is Cc1cc(=O)oc2cc(NC(=O)COc3ccc(F)cc3Cl)ccc12. The number of carbonyl (C=O) groups excluding carboxylic acids is 1. The van der Waals surface area contributed by atoms with Gasteiger partial charge in [-0.25, -0.2) is 9.18 Å². The van der Waals surface area contributed by atoms with Gasteiger partial charge >= 0.3 is 5.63 Å². The van der Waals surface area contributed by atoms with Gasteiger partial charge in [-0.3, -0.25) is 4.79 Å². The summed E-state index contributed by atoms with van der Waals surface area (Å²) < 4.78 is 23.4. The maximum atomic E-state index is 13.0. The number of aryl methyl sites for hydroxylation is 1. The van der Waals surface area contributed by atoms with Crippen LogP contribution in [0.15, 0.2) is 51.7 Å². The lowest BCUT2D eigenvalue weighted by Gasteiger charge is -2.09. The fourth-order valence-corrected chi connectivity index (χ4v) is 2.56. The summed E-state index contributed by atoms with van der Waals surface area (Å²) in [5.74, 6) is -0.720. The van der Waals surface area contributed by atoms with E-state index in [-0.39, 0.29) is 17.4 Å². The van der Waals surface area contributed by atoms with Crippen molar-refractivity contribution in [2.45, 2.75) is 6.92 Å². The maximum absolute atomic E-state index is 13.0. The van der Waals surface area contributed by atoms with Crippen LogP contribution in [0.2, 0.25) is 5.02 Å². The normalized spacial score (nSPS) is 10.7. The van der Waals surface area contributed by atoms with E-state index in [0.29, 0.717) is 11.3 Å². The number of anilines is 1. The number of benzene rings is 2. The molecule has 0 aliphatic carbocycles. The number of carbonyl (C=O) groups is 1. The van der Waals surface area contributed by atoms with Crippen LogP contribution in [0, 0.1) is 12.7 Å². The van der Waals surface area contributed by atoms with E-state index in [0.717, 1.165) is 17.0 Å². The second-order valence-electron chi connectivity index (χ2n) is 5.37. The molecule has 0 aliphatic heterocycles. The van der Waals surface area contributed by atoms with Crippen molar-refractivity contribution in [3.05, 3.63) is 69.3 Å². The number of hydrogen-bond acceptors (Lipinski definition) is 4. The van der Waals surface area contributed by atoms with E-state index in [9.17, 15) is 14.0 Å². The molecule has 3 aromatic rings. The summed E-state index contributed by atoms with van der Waals surface area (Å²) in [7, 11) is 0. The Hall–Kier alpha value is -2.86. The molecule has 0 radical (unpaired) electrons. The highest BCUT2D eigenvalue weighted by Gasteiger charge is 2.09. The lowest BCUT2D eigenvalue weighted by atomic mass is 10.1. The van der Waals surface area contributed by atoms with E-state index < -0.39 is 17.3 Å². The number of nitrogens with one attached hydrogen (secondary N) is 1. The highest BCUT2D eigenvalue weighted by Crippen LogP contribution is 2.25. The first-order valence-electron chi connectivity index (χ1n) is 7.34. The van der Waals surface area contributed by atoms with Gasteiger partial charge in [-0.1, -0.05) is 11.6 Å². The van der Waals surface area contributed by atoms with Crippen molar-refractivity contribution in [3.63, 3.8) is 0 Å². The van der Waals surface area contributed by atoms with Gasteiger partial charge in [0.05, 0.1) is 5.02 Å². The molecule has 7 heteroatoms. The number of ether oxygens (including phenoxy) is 1. The van der Waals surface area contributed by atoms with E-state index >= 15 is 0 Å². The first kappa shape index (κ1) is 17.0. The summed E-state index contributed by atoms with van der Waals surface area (Å²) in [5, 5.41) is 3.49. The molecular weight excluding hydrogens is 349 g/mol. The minimum Gasteiger partial charge on any atom is -0.482 e. The molecule has 1 aromatic heterocycles. The first-order valence-corrected chi connectivity index (χ1v) is 7.72. The highest BCUT2D eigenvalue weighted by molar-refractivity contribution is 6.32. The molecule has 0 saturated carbocycles. The third-order valence-electron chi connectivity index (χ3n) is 3.49. The van der Waals surface area contributed by atoms with Crippen molar-refractivity contribution in [2.24, 2.45) is 0 Å². The van der Waals surface area contributed by atoms with Gasteiger partial charge in [0.25, 0.3) is 5.91 Å². The van der Waals surface area contributed by atoms with Gasteiger partial charge in [0.1, 0.15) is 17.1 Å². The molecule has 128 valence electrons. The zero-order valence-corrected chi connectivity index (χ0v) is 13.9. The number of rotatable bonds is 4. The van der Waals surface area contributed by atoms with Crippen LogP contribution < -0.4 is 15.7 Å². The summed E-state index contributed by atoms with van der Waals surface area (Å²) in [6, 6.07) is 10.0. The van der Waals surface area contributed by atoms with Gasteiger partial charge < -0.3 is 14.5 Å². The van der Waals surface area contributed by atoms with E-state index in [4.69, 9.17) is 20.8 Å². The minimum absolute atomic E-state index is 0.0794. The number of halogens is 2. The fourth-order valence-electron chi connectivity index (χ4n) is 2.34. The summed E-state index contributed by atoms with van der Waals surface area (Å²) in [6.07, 6.45) is 0. The highest BCUT2D eigenvalue weighted by atomic mass is 35.5. The van der Waals surface area contributed by atoms with Gasteiger partial charge in [-0.2, -0.15) is 0 Å². The largest absolute Gasteiger partial charge is 0.482 e. The Morgan fingerprint density at radius 2 is 2.04 bits per heavy atom.